The maximum absolute atomic E-state index is 5.95. The minimum absolute atomic E-state index is 0.254. The van der Waals surface area contributed by atoms with E-state index in [4.69, 9.17) is 9.73 Å². The van der Waals surface area contributed by atoms with Gasteiger partial charge >= 0.3 is 0 Å². The van der Waals surface area contributed by atoms with E-state index in [2.05, 4.69) is 53.0 Å². The second-order valence-electron chi connectivity index (χ2n) is 5.33. The SMILES string of the molecule is C1=CC2=CC=C3OCC4=CN5C=CSC5=NC4=C3C2C=C1. The molecule has 0 saturated carbocycles. The Balaban J connectivity index is 1.72. The Bertz CT molecular complexity index is 790. The van der Waals surface area contributed by atoms with E-state index in [9.17, 15) is 0 Å². The van der Waals surface area contributed by atoms with Crippen LogP contribution in [0.3, 0.4) is 0 Å². The molecule has 3 heterocycles. The van der Waals surface area contributed by atoms with Crippen molar-refractivity contribution in [2.75, 3.05) is 6.61 Å². The Morgan fingerprint density at radius 3 is 3.29 bits per heavy atom. The summed E-state index contributed by atoms with van der Waals surface area (Å²) in [7, 11) is 0. The predicted octanol–water partition coefficient (Wildman–Crippen LogP) is 3.61. The van der Waals surface area contributed by atoms with Gasteiger partial charge in [0.25, 0.3) is 0 Å². The van der Waals surface area contributed by atoms with E-state index in [1.54, 1.807) is 11.8 Å². The first-order valence-electron chi connectivity index (χ1n) is 6.96. The molecule has 5 aliphatic rings. The Kier molecular flexibility index (Phi) is 2.26. The van der Waals surface area contributed by atoms with Crippen LogP contribution in [0.2, 0.25) is 0 Å². The van der Waals surface area contributed by atoms with Gasteiger partial charge in [0.15, 0.2) is 5.17 Å². The van der Waals surface area contributed by atoms with Crippen LogP contribution in [0.5, 0.6) is 0 Å². The molecule has 0 fully saturated rings. The first-order valence-corrected chi connectivity index (χ1v) is 7.84. The number of amidine groups is 1. The number of aliphatic imine (C=N–C) groups is 1. The molecule has 1 unspecified atom stereocenters. The standard InChI is InChI=1S/C17H12N2OS/c1-2-4-13-11(3-1)5-6-14-15(13)16-12(10-20-14)9-19-7-8-21-17(19)18-16/h1-9,13H,10H2. The van der Waals surface area contributed by atoms with E-state index in [0.717, 1.165) is 22.2 Å². The maximum Gasteiger partial charge on any atom is 0.176 e. The molecule has 0 N–H and O–H groups in total. The molecule has 3 aliphatic heterocycles. The third-order valence-electron chi connectivity index (χ3n) is 4.13. The predicted molar refractivity (Wildman–Crippen MR) is 85.0 cm³/mol. The molecule has 0 bridgehead atoms. The molecule has 0 spiro atoms. The molecule has 4 heteroatoms. The lowest BCUT2D eigenvalue weighted by atomic mass is 9.80. The Morgan fingerprint density at radius 1 is 1.29 bits per heavy atom. The van der Waals surface area contributed by atoms with Gasteiger partial charge in [0, 0.05) is 29.5 Å². The van der Waals surface area contributed by atoms with E-state index in [-0.39, 0.29) is 5.92 Å². The molecular weight excluding hydrogens is 280 g/mol. The van der Waals surface area contributed by atoms with Crippen molar-refractivity contribution >= 4 is 16.9 Å². The number of thioether (sulfide) groups is 1. The van der Waals surface area contributed by atoms with Gasteiger partial charge in [0.2, 0.25) is 0 Å². The van der Waals surface area contributed by atoms with Gasteiger partial charge in [-0.05, 0) is 17.1 Å². The summed E-state index contributed by atoms with van der Waals surface area (Å²) in [5, 5.41) is 3.08. The molecule has 2 aliphatic carbocycles. The molecular formula is C17H12N2OS. The highest BCUT2D eigenvalue weighted by Crippen LogP contribution is 2.44. The summed E-state index contributed by atoms with van der Waals surface area (Å²) in [5.41, 5.74) is 4.74. The second kappa shape index (κ2) is 4.15. The minimum Gasteiger partial charge on any atom is -0.488 e. The molecule has 21 heavy (non-hydrogen) atoms. The van der Waals surface area contributed by atoms with Crippen LogP contribution in [0.4, 0.5) is 0 Å². The molecule has 0 saturated heterocycles. The monoisotopic (exact) mass is 292 g/mol. The Morgan fingerprint density at radius 2 is 2.29 bits per heavy atom. The van der Waals surface area contributed by atoms with Crippen molar-refractivity contribution in [3.05, 3.63) is 82.4 Å². The van der Waals surface area contributed by atoms with E-state index in [0.29, 0.717) is 6.61 Å². The van der Waals surface area contributed by atoms with Crippen LogP contribution in [-0.2, 0) is 4.74 Å². The lowest BCUT2D eigenvalue weighted by Gasteiger charge is -2.34. The number of rotatable bonds is 0. The van der Waals surface area contributed by atoms with Gasteiger partial charge < -0.3 is 9.64 Å². The van der Waals surface area contributed by atoms with Gasteiger partial charge in [-0.3, -0.25) is 0 Å². The quantitative estimate of drug-likeness (QED) is 0.682. The van der Waals surface area contributed by atoms with Crippen LogP contribution in [0, 0.1) is 5.92 Å². The molecule has 0 aromatic carbocycles. The lowest BCUT2D eigenvalue weighted by molar-refractivity contribution is 0.233. The van der Waals surface area contributed by atoms with Gasteiger partial charge in [-0.15, -0.1) is 0 Å². The van der Waals surface area contributed by atoms with Gasteiger partial charge in [0.05, 0.1) is 5.70 Å². The zero-order valence-electron chi connectivity index (χ0n) is 11.2. The highest BCUT2D eigenvalue weighted by atomic mass is 32.2. The Hall–Kier alpha value is -2.20. The van der Waals surface area contributed by atoms with Crippen LogP contribution in [0.25, 0.3) is 0 Å². The summed E-state index contributed by atoms with van der Waals surface area (Å²) in [6.07, 6.45) is 17.0. The van der Waals surface area contributed by atoms with Crippen molar-refractivity contribution in [3.63, 3.8) is 0 Å². The number of nitrogens with zero attached hydrogens (tertiary/aromatic N) is 2. The summed E-state index contributed by atoms with van der Waals surface area (Å²) in [6.45, 7) is 0.589. The molecule has 0 amide bonds. The van der Waals surface area contributed by atoms with E-state index < -0.39 is 0 Å². The van der Waals surface area contributed by atoms with Crippen molar-refractivity contribution in [2.24, 2.45) is 10.9 Å². The highest BCUT2D eigenvalue weighted by molar-refractivity contribution is 8.16. The van der Waals surface area contributed by atoms with Crippen molar-refractivity contribution in [1.29, 1.82) is 0 Å². The molecule has 102 valence electrons. The summed E-state index contributed by atoms with van der Waals surface area (Å²) >= 11 is 1.66. The molecule has 0 aromatic heterocycles. The number of hydrogen-bond acceptors (Lipinski definition) is 4. The fourth-order valence-electron chi connectivity index (χ4n) is 3.14. The van der Waals surface area contributed by atoms with Crippen LogP contribution < -0.4 is 0 Å². The fourth-order valence-corrected chi connectivity index (χ4v) is 3.83. The topological polar surface area (TPSA) is 24.8 Å². The largest absolute Gasteiger partial charge is 0.488 e. The number of hydrogen-bond donors (Lipinski definition) is 0. The van der Waals surface area contributed by atoms with E-state index in [1.807, 2.05) is 6.20 Å². The average molecular weight is 292 g/mol. The molecule has 0 radical (unpaired) electrons. The third-order valence-corrected chi connectivity index (χ3v) is 4.90. The van der Waals surface area contributed by atoms with E-state index >= 15 is 0 Å². The summed E-state index contributed by atoms with van der Waals surface area (Å²) < 4.78 is 5.95. The normalized spacial score (nSPS) is 27.8. The van der Waals surface area contributed by atoms with Crippen molar-refractivity contribution < 1.29 is 4.74 Å². The smallest absolute Gasteiger partial charge is 0.176 e. The van der Waals surface area contributed by atoms with Crippen molar-refractivity contribution in [3.8, 4) is 0 Å². The van der Waals surface area contributed by atoms with Crippen LogP contribution >= 0.6 is 11.8 Å². The Labute approximate surface area is 127 Å². The van der Waals surface area contributed by atoms with Crippen LogP contribution in [0.15, 0.2) is 87.4 Å². The first-order chi connectivity index (χ1) is 10.4. The average Bonchev–Trinajstić information content (AvgIpc) is 2.99. The van der Waals surface area contributed by atoms with Gasteiger partial charge in [-0.2, -0.15) is 0 Å². The van der Waals surface area contributed by atoms with Gasteiger partial charge in [-0.1, -0.05) is 42.1 Å². The van der Waals surface area contributed by atoms with E-state index in [1.165, 1.54) is 11.1 Å². The number of ether oxygens (including phenoxy) is 1. The number of allylic oxidation sites excluding steroid dienone is 8. The summed E-state index contributed by atoms with van der Waals surface area (Å²) in [4.78, 5) is 6.96. The third kappa shape index (κ3) is 1.59. The first kappa shape index (κ1) is 11.5. The van der Waals surface area contributed by atoms with Crippen LogP contribution in [0.1, 0.15) is 0 Å². The summed E-state index contributed by atoms with van der Waals surface area (Å²) in [6, 6.07) is 0. The maximum atomic E-state index is 5.95. The molecule has 0 aromatic rings. The van der Waals surface area contributed by atoms with Crippen molar-refractivity contribution in [2.45, 2.75) is 0 Å². The van der Waals surface area contributed by atoms with Crippen molar-refractivity contribution in [1.82, 2.24) is 4.90 Å². The zero-order valence-corrected chi connectivity index (χ0v) is 12.0. The van der Waals surface area contributed by atoms with Crippen LogP contribution in [-0.4, -0.2) is 16.7 Å². The van der Waals surface area contributed by atoms with Gasteiger partial charge in [0.1, 0.15) is 12.4 Å². The highest BCUT2D eigenvalue weighted by Gasteiger charge is 2.34. The number of fused-ring (bicyclic) bond motifs is 5. The fraction of sp³-hybridized carbons (Fsp3) is 0.118. The molecule has 3 nitrogen and oxygen atoms in total. The molecule has 1 atom stereocenters. The summed E-state index contributed by atoms with van der Waals surface area (Å²) in [5.74, 6) is 1.22. The van der Waals surface area contributed by atoms with Gasteiger partial charge in [-0.25, -0.2) is 4.99 Å². The molecule has 5 rings (SSSR count). The zero-order chi connectivity index (χ0) is 13.8. The second-order valence-corrected chi connectivity index (χ2v) is 6.20. The lowest BCUT2D eigenvalue weighted by Crippen LogP contribution is -2.26. The minimum atomic E-state index is 0.254.